The lowest BCUT2D eigenvalue weighted by Crippen LogP contribution is -2.39. The second-order valence-electron chi connectivity index (χ2n) is 7.86. The maximum Gasteiger partial charge on any atom is 0.263 e. The largest absolute Gasteiger partial charge is 0.457 e. The molecule has 0 spiro atoms. The summed E-state index contributed by atoms with van der Waals surface area (Å²) in [6.07, 6.45) is 0. The minimum absolute atomic E-state index is 0. The minimum Gasteiger partial charge on any atom is -0.457 e. The lowest BCUT2D eigenvalue weighted by atomic mass is 10.1. The van der Waals surface area contributed by atoms with Gasteiger partial charge in [-0.05, 0) is 62.0 Å². The molecule has 4 rings (SSSR count). The number of thiazole rings is 1. The summed E-state index contributed by atoms with van der Waals surface area (Å²) < 4.78 is 7.17. The molecule has 1 amide bonds. The zero-order valence-electron chi connectivity index (χ0n) is 19.7. The molecule has 7 heteroatoms. The van der Waals surface area contributed by atoms with E-state index in [0.717, 1.165) is 29.9 Å². The maximum absolute atomic E-state index is 13.9. The van der Waals surface area contributed by atoms with Crippen LogP contribution >= 0.6 is 23.7 Å². The fraction of sp³-hybridized carbons (Fsp3) is 0.259. The molecule has 0 unspecified atom stereocenters. The van der Waals surface area contributed by atoms with Crippen molar-refractivity contribution in [2.75, 3.05) is 31.1 Å². The Labute approximate surface area is 211 Å². The van der Waals surface area contributed by atoms with Crippen LogP contribution in [0.2, 0.25) is 0 Å². The molecule has 0 aliphatic carbocycles. The van der Waals surface area contributed by atoms with E-state index in [1.54, 1.807) is 16.2 Å². The van der Waals surface area contributed by atoms with Crippen LogP contribution in [0, 0.1) is 6.92 Å². The SMILES string of the molecule is CCN(CC)CCN(C(=O)c1ccccc1Oc1ccccc1)c1nc2ccc(C)cc2s1.Cl. The topological polar surface area (TPSA) is 45.7 Å². The quantitative estimate of drug-likeness (QED) is 0.256. The number of halogens is 1. The molecule has 1 aromatic heterocycles. The van der Waals surface area contributed by atoms with E-state index >= 15 is 0 Å². The van der Waals surface area contributed by atoms with Crippen LogP contribution in [0.3, 0.4) is 0 Å². The van der Waals surface area contributed by atoms with Gasteiger partial charge in [0.2, 0.25) is 0 Å². The van der Waals surface area contributed by atoms with E-state index in [-0.39, 0.29) is 18.3 Å². The third kappa shape index (κ3) is 5.95. The summed E-state index contributed by atoms with van der Waals surface area (Å²) in [7, 11) is 0. The van der Waals surface area contributed by atoms with Gasteiger partial charge < -0.3 is 9.64 Å². The van der Waals surface area contributed by atoms with Crippen LogP contribution < -0.4 is 9.64 Å². The molecule has 5 nitrogen and oxygen atoms in total. The van der Waals surface area contributed by atoms with Crippen LogP contribution in [0.4, 0.5) is 5.13 Å². The third-order valence-corrected chi connectivity index (χ3v) is 6.67. The van der Waals surface area contributed by atoms with Crippen molar-refractivity contribution in [1.29, 1.82) is 0 Å². The number of hydrogen-bond donors (Lipinski definition) is 0. The maximum atomic E-state index is 13.9. The molecule has 178 valence electrons. The van der Waals surface area contributed by atoms with Gasteiger partial charge in [0.1, 0.15) is 11.5 Å². The highest BCUT2D eigenvalue weighted by atomic mass is 35.5. The highest BCUT2D eigenvalue weighted by molar-refractivity contribution is 7.22. The van der Waals surface area contributed by atoms with Crippen LogP contribution in [0.25, 0.3) is 10.2 Å². The Bertz CT molecular complexity index is 1230. The molecule has 0 N–H and O–H groups in total. The molecule has 0 atom stereocenters. The van der Waals surface area contributed by atoms with Crippen molar-refractivity contribution in [3.05, 3.63) is 83.9 Å². The first-order chi connectivity index (χ1) is 16.1. The summed E-state index contributed by atoms with van der Waals surface area (Å²) in [5.41, 5.74) is 2.62. The molecule has 0 saturated carbocycles. The van der Waals surface area contributed by atoms with Crippen LogP contribution in [0.5, 0.6) is 11.5 Å². The van der Waals surface area contributed by atoms with E-state index in [1.807, 2.05) is 60.7 Å². The Hall–Kier alpha value is -2.93. The van der Waals surface area contributed by atoms with Crippen LogP contribution in [0.1, 0.15) is 29.8 Å². The van der Waals surface area contributed by atoms with Gasteiger partial charge in [-0.2, -0.15) is 0 Å². The van der Waals surface area contributed by atoms with E-state index in [2.05, 4.69) is 37.8 Å². The summed E-state index contributed by atoms with van der Waals surface area (Å²) in [6, 6.07) is 23.1. The number of anilines is 1. The number of hydrogen-bond acceptors (Lipinski definition) is 5. The lowest BCUT2D eigenvalue weighted by molar-refractivity contribution is 0.0981. The Morgan fingerprint density at radius 2 is 1.65 bits per heavy atom. The first kappa shape index (κ1) is 25.7. The number of rotatable bonds is 9. The van der Waals surface area contributed by atoms with E-state index in [9.17, 15) is 4.79 Å². The molecule has 0 saturated heterocycles. The first-order valence-electron chi connectivity index (χ1n) is 11.3. The second kappa shape index (κ2) is 12.0. The number of ether oxygens (including phenoxy) is 1. The average molecular weight is 496 g/mol. The number of likely N-dealkylation sites (N-methyl/N-ethyl adjacent to an activating group) is 1. The van der Waals surface area contributed by atoms with Crippen LogP contribution in [-0.4, -0.2) is 42.0 Å². The van der Waals surface area contributed by atoms with Crippen molar-refractivity contribution in [2.45, 2.75) is 20.8 Å². The van der Waals surface area contributed by atoms with Gasteiger partial charge in [-0.25, -0.2) is 4.98 Å². The van der Waals surface area contributed by atoms with Crippen molar-refractivity contribution >= 4 is 45.0 Å². The smallest absolute Gasteiger partial charge is 0.263 e. The minimum atomic E-state index is -0.107. The summed E-state index contributed by atoms with van der Waals surface area (Å²) in [5.74, 6) is 1.13. The molecular formula is C27H30ClN3O2S. The van der Waals surface area contributed by atoms with Crippen molar-refractivity contribution in [3.63, 3.8) is 0 Å². The highest BCUT2D eigenvalue weighted by Gasteiger charge is 2.24. The van der Waals surface area contributed by atoms with Crippen molar-refractivity contribution in [2.24, 2.45) is 0 Å². The Balaban J connectivity index is 0.00000324. The van der Waals surface area contributed by atoms with E-state index < -0.39 is 0 Å². The number of carbonyl (C=O) groups is 1. The number of aryl methyl sites for hydroxylation is 1. The predicted molar refractivity (Wildman–Crippen MR) is 144 cm³/mol. The highest BCUT2D eigenvalue weighted by Crippen LogP contribution is 2.32. The zero-order chi connectivity index (χ0) is 23.2. The molecule has 34 heavy (non-hydrogen) atoms. The monoisotopic (exact) mass is 495 g/mol. The van der Waals surface area contributed by atoms with Gasteiger partial charge in [-0.3, -0.25) is 9.69 Å². The van der Waals surface area contributed by atoms with Crippen molar-refractivity contribution in [1.82, 2.24) is 9.88 Å². The summed E-state index contributed by atoms with van der Waals surface area (Å²) in [6.45, 7) is 9.54. The fourth-order valence-corrected chi connectivity index (χ4v) is 4.78. The predicted octanol–water partition coefficient (Wildman–Crippen LogP) is 6.81. The fourth-order valence-electron chi connectivity index (χ4n) is 3.69. The lowest BCUT2D eigenvalue weighted by Gasteiger charge is -2.25. The second-order valence-corrected chi connectivity index (χ2v) is 8.87. The number of amides is 1. The molecule has 4 aromatic rings. The van der Waals surface area contributed by atoms with Gasteiger partial charge >= 0.3 is 0 Å². The molecule has 0 bridgehead atoms. The summed E-state index contributed by atoms with van der Waals surface area (Å²) in [5, 5.41) is 0.710. The molecular weight excluding hydrogens is 466 g/mol. The van der Waals surface area contributed by atoms with Gasteiger partial charge in [-0.15, -0.1) is 12.4 Å². The Kier molecular flexibility index (Phi) is 9.05. The van der Waals surface area contributed by atoms with E-state index in [1.165, 1.54) is 5.56 Å². The Morgan fingerprint density at radius 1 is 0.941 bits per heavy atom. The molecule has 3 aromatic carbocycles. The number of benzene rings is 3. The van der Waals surface area contributed by atoms with E-state index in [4.69, 9.17) is 9.72 Å². The molecule has 1 heterocycles. The zero-order valence-corrected chi connectivity index (χ0v) is 21.4. The van der Waals surface area contributed by atoms with E-state index in [0.29, 0.717) is 28.7 Å². The molecule has 0 aliphatic rings. The van der Waals surface area contributed by atoms with Crippen molar-refractivity contribution < 1.29 is 9.53 Å². The average Bonchev–Trinajstić information content (AvgIpc) is 3.25. The molecule has 0 radical (unpaired) electrons. The van der Waals surface area contributed by atoms with Crippen LogP contribution in [0.15, 0.2) is 72.8 Å². The summed E-state index contributed by atoms with van der Waals surface area (Å²) >= 11 is 1.55. The number of para-hydroxylation sites is 2. The van der Waals surface area contributed by atoms with Gasteiger partial charge in [0.05, 0.1) is 15.8 Å². The van der Waals surface area contributed by atoms with Gasteiger partial charge in [-0.1, -0.05) is 61.6 Å². The number of fused-ring (bicyclic) bond motifs is 1. The third-order valence-electron chi connectivity index (χ3n) is 5.63. The number of nitrogens with zero attached hydrogens (tertiary/aromatic N) is 3. The van der Waals surface area contributed by atoms with Gasteiger partial charge in [0, 0.05) is 13.1 Å². The Morgan fingerprint density at radius 3 is 2.38 bits per heavy atom. The molecule has 0 fully saturated rings. The number of aromatic nitrogens is 1. The number of carbonyl (C=O) groups excluding carboxylic acids is 1. The molecule has 0 aliphatic heterocycles. The van der Waals surface area contributed by atoms with Crippen molar-refractivity contribution in [3.8, 4) is 11.5 Å². The van der Waals surface area contributed by atoms with Gasteiger partial charge in [0.15, 0.2) is 5.13 Å². The van der Waals surface area contributed by atoms with Gasteiger partial charge in [0.25, 0.3) is 5.91 Å². The standard InChI is InChI=1S/C27H29N3O2S.ClH/c1-4-29(5-2)17-18-30(27-28-23-16-15-20(3)19-25(23)33-27)26(31)22-13-9-10-14-24(22)32-21-11-7-6-8-12-21;/h6-16,19H,4-5,17-18H2,1-3H3;1H. The normalized spacial score (nSPS) is 10.8. The summed E-state index contributed by atoms with van der Waals surface area (Å²) in [4.78, 5) is 22.8. The first-order valence-corrected chi connectivity index (χ1v) is 12.1. The van der Waals surface area contributed by atoms with Crippen LogP contribution in [-0.2, 0) is 0 Å².